The highest BCUT2D eigenvalue weighted by molar-refractivity contribution is 6.30. The van der Waals surface area contributed by atoms with Gasteiger partial charge in [0.15, 0.2) is 5.82 Å². The maximum atomic E-state index is 12.8. The molecule has 1 aromatic rings. The van der Waals surface area contributed by atoms with Gasteiger partial charge in [0.1, 0.15) is 12.0 Å². The Hall–Kier alpha value is -2.01. The number of hydrogen-bond donors (Lipinski definition) is 1. The monoisotopic (exact) mass is 292 g/mol. The van der Waals surface area contributed by atoms with Crippen molar-refractivity contribution in [3.63, 3.8) is 0 Å². The van der Waals surface area contributed by atoms with E-state index in [-0.39, 0.29) is 5.02 Å². The summed E-state index contributed by atoms with van der Waals surface area (Å²) in [6.45, 7) is 0. The molecule has 0 unspecified atom stereocenters. The summed E-state index contributed by atoms with van der Waals surface area (Å²) in [6.07, 6.45) is -4.11. The number of nitrogens with zero attached hydrogens (tertiary/aromatic N) is 3. The second kappa shape index (κ2) is 5.75. The summed E-state index contributed by atoms with van der Waals surface area (Å²) in [5.74, 6) is -1.25. The van der Waals surface area contributed by atoms with Crippen LogP contribution in [0.1, 0.15) is 12.0 Å². The lowest BCUT2D eigenvalue weighted by Crippen LogP contribution is -2.40. The molecule has 0 aromatic carbocycles. The first-order valence-corrected chi connectivity index (χ1v) is 5.26. The maximum Gasteiger partial charge on any atom is 0.420 e. The second-order valence-electron chi connectivity index (χ2n) is 3.45. The molecule has 0 fully saturated rings. The van der Waals surface area contributed by atoms with Gasteiger partial charge in [-0.25, -0.2) is 4.98 Å². The Bertz CT molecular complexity index is 526. The number of aromatic nitrogens is 1. The molecule has 1 aromatic heterocycles. The van der Waals surface area contributed by atoms with E-state index in [0.29, 0.717) is 6.07 Å². The normalized spacial score (nSPS) is 10.7. The number of halogens is 4. The van der Waals surface area contributed by atoms with Crippen molar-refractivity contribution in [3.05, 3.63) is 22.8 Å². The largest absolute Gasteiger partial charge is 0.420 e. The van der Waals surface area contributed by atoms with Crippen LogP contribution in [0.4, 0.5) is 19.0 Å². The third-order valence-electron chi connectivity index (χ3n) is 1.99. The van der Waals surface area contributed by atoms with Gasteiger partial charge in [-0.2, -0.15) is 18.4 Å². The van der Waals surface area contributed by atoms with Crippen LogP contribution in [0.2, 0.25) is 5.02 Å². The van der Waals surface area contributed by atoms with Crippen molar-refractivity contribution in [1.29, 1.82) is 5.26 Å². The predicted molar refractivity (Wildman–Crippen MR) is 61.0 cm³/mol. The van der Waals surface area contributed by atoms with Crippen molar-refractivity contribution < 1.29 is 18.0 Å². The van der Waals surface area contributed by atoms with Gasteiger partial charge in [-0.15, -0.1) is 0 Å². The fourth-order valence-electron chi connectivity index (χ4n) is 1.26. The minimum Gasteiger partial charge on any atom is -0.272 e. The molecule has 0 saturated carbocycles. The number of rotatable bonds is 3. The minimum atomic E-state index is -4.67. The molecule has 9 heteroatoms. The Labute approximate surface area is 111 Å². The molecular weight excluding hydrogens is 285 g/mol. The van der Waals surface area contributed by atoms with Crippen molar-refractivity contribution in [3.8, 4) is 6.07 Å². The number of nitriles is 1. The number of pyridine rings is 1. The van der Waals surface area contributed by atoms with Crippen LogP contribution in [0.3, 0.4) is 0 Å². The molecule has 0 radical (unpaired) electrons. The molecule has 102 valence electrons. The van der Waals surface area contributed by atoms with Gasteiger partial charge in [-0.05, 0) is 6.07 Å². The molecule has 0 atom stereocenters. The van der Waals surface area contributed by atoms with Gasteiger partial charge in [-0.3, -0.25) is 15.2 Å². The molecule has 0 aliphatic rings. The number of amides is 1. The van der Waals surface area contributed by atoms with Gasteiger partial charge in [0.05, 0.1) is 11.1 Å². The van der Waals surface area contributed by atoms with Crippen LogP contribution in [0.5, 0.6) is 0 Å². The van der Waals surface area contributed by atoms with E-state index in [1.165, 1.54) is 7.05 Å². The molecule has 19 heavy (non-hydrogen) atoms. The van der Waals surface area contributed by atoms with Gasteiger partial charge < -0.3 is 0 Å². The standard InChI is InChI=1S/C10H8ClF3N4O/c1-18(17-8(19)2-3-15)9-7(10(12,13)14)4-6(11)5-16-9/h4-5H,2H2,1H3,(H,17,19). The third-order valence-corrected chi connectivity index (χ3v) is 2.20. The summed E-state index contributed by atoms with van der Waals surface area (Å²) < 4.78 is 38.4. The minimum absolute atomic E-state index is 0.173. The molecule has 1 heterocycles. The quantitative estimate of drug-likeness (QED) is 0.867. The zero-order valence-electron chi connectivity index (χ0n) is 9.62. The first kappa shape index (κ1) is 15.0. The van der Waals surface area contributed by atoms with E-state index >= 15 is 0 Å². The Balaban J connectivity index is 3.07. The zero-order chi connectivity index (χ0) is 14.6. The molecule has 5 nitrogen and oxygen atoms in total. The Kier molecular flexibility index (Phi) is 4.56. The second-order valence-corrected chi connectivity index (χ2v) is 3.89. The average Bonchev–Trinajstić information content (AvgIpc) is 2.27. The van der Waals surface area contributed by atoms with Crippen molar-refractivity contribution in [2.24, 2.45) is 0 Å². The summed E-state index contributed by atoms with van der Waals surface area (Å²) >= 11 is 5.47. The van der Waals surface area contributed by atoms with Crippen LogP contribution >= 0.6 is 11.6 Å². The van der Waals surface area contributed by atoms with Crippen molar-refractivity contribution >= 4 is 23.3 Å². The van der Waals surface area contributed by atoms with Crippen molar-refractivity contribution in [1.82, 2.24) is 10.4 Å². The topological polar surface area (TPSA) is 69.0 Å². The zero-order valence-corrected chi connectivity index (χ0v) is 10.4. The van der Waals surface area contributed by atoms with Crippen LogP contribution in [-0.2, 0) is 11.0 Å². The van der Waals surface area contributed by atoms with Crippen LogP contribution < -0.4 is 10.4 Å². The molecule has 0 saturated heterocycles. The number of carbonyl (C=O) groups is 1. The first-order valence-electron chi connectivity index (χ1n) is 4.88. The average molecular weight is 293 g/mol. The number of anilines is 1. The molecule has 0 bridgehead atoms. The van der Waals surface area contributed by atoms with E-state index in [4.69, 9.17) is 16.9 Å². The smallest absolute Gasteiger partial charge is 0.272 e. The highest BCUT2D eigenvalue weighted by atomic mass is 35.5. The van der Waals surface area contributed by atoms with Crippen molar-refractivity contribution in [2.75, 3.05) is 12.1 Å². The molecule has 1 amide bonds. The maximum absolute atomic E-state index is 12.8. The molecule has 0 spiro atoms. The van der Waals surface area contributed by atoms with Gasteiger partial charge in [0.2, 0.25) is 0 Å². The SMILES string of the molecule is CN(NC(=O)CC#N)c1ncc(Cl)cc1C(F)(F)F. The van der Waals surface area contributed by atoms with E-state index in [1.54, 1.807) is 6.07 Å². The summed E-state index contributed by atoms with van der Waals surface area (Å²) in [7, 11) is 1.18. The fourth-order valence-corrected chi connectivity index (χ4v) is 1.42. The van der Waals surface area contributed by atoms with Crippen LogP contribution in [0.25, 0.3) is 0 Å². The third kappa shape index (κ3) is 3.99. The van der Waals surface area contributed by atoms with Crippen LogP contribution in [0, 0.1) is 11.3 Å². The lowest BCUT2D eigenvalue weighted by atomic mass is 10.2. The van der Waals surface area contributed by atoms with Crippen molar-refractivity contribution in [2.45, 2.75) is 12.6 Å². The van der Waals surface area contributed by atoms with Gasteiger partial charge >= 0.3 is 6.18 Å². The number of hydrazine groups is 1. The van der Waals surface area contributed by atoms with E-state index < -0.39 is 29.9 Å². The number of alkyl halides is 3. The Morgan fingerprint density at radius 3 is 2.79 bits per heavy atom. The number of carbonyl (C=O) groups excluding carboxylic acids is 1. The summed E-state index contributed by atoms with van der Waals surface area (Å²) in [5.41, 5.74) is 1.01. The van der Waals surface area contributed by atoms with E-state index in [9.17, 15) is 18.0 Å². The number of hydrogen-bond acceptors (Lipinski definition) is 4. The highest BCUT2D eigenvalue weighted by Gasteiger charge is 2.36. The predicted octanol–water partition coefficient (Wildman–Crippen LogP) is 2.13. The lowest BCUT2D eigenvalue weighted by Gasteiger charge is -2.22. The summed E-state index contributed by atoms with van der Waals surface area (Å²) in [6, 6.07) is 2.28. The van der Waals surface area contributed by atoms with Crippen LogP contribution in [0.15, 0.2) is 12.3 Å². The summed E-state index contributed by atoms with van der Waals surface area (Å²) in [4.78, 5) is 14.7. The molecule has 1 N–H and O–H groups in total. The molecular formula is C10H8ClF3N4O. The highest BCUT2D eigenvalue weighted by Crippen LogP contribution is 2.35. The van der Waals surface area contributed by atoms with E-state index in [1.807, 2.05) is 0 Å². The molecule has 1 rings (SSSR count). The summed E-state index contributed by atoms with van der Waals surface area (Å²) in [5, 5.41) is 8.92. The van der Waals surface area contributed by atoms with Gasteiger partial charge in [0.25, 0.3) is 5.91 Å². The van der Waals surface area contributed by atoms with Gasteiger partial charge in [0, 0.05) is 13.2 Å². The lowest BCUT2D eigenvalue weighted by molar-refractivity contribution is -0.137. The molecule has 0 aliphatic carbocycles. The first-order chi connectivity index (χ1) is 8.75. The molecule has 0 aliphatic heterocycles. The Morgan fingerprint density at radius 2 is 2.26 bits per heavy atom. The Morgan fingerprint density at radius 1 is 1.63 bits per heavy atom. The van der Waals surface area contributed by atoms with Gasteiger partial charge in [-0.1, -0.05) is 11.6 Å². The fraction of sp³-hybridized carbons (Fsp3) is 0.300. The van der Waals surface area contributed by atoms with E-state index in [2.05, 4.69) is 10.4 Å². The van der Waals surface area contributed by atoms with E-state index in [0.717, 1.165) is 11.2 Å². The van der Waals surface area contributed by atoms with Crippen LogP contribution in [-0.4, -0.2) is 17.9 Å². The number of nitrogens with one attached hydrogen (secondary N) is 1.